The maximum absolute atomic E-state index is 12.8. The Morgan fingerprint density at radius 1 is 1.14 bits per heavy atom. The predicted octanol–water partition coefficient (Wildman–Crippen LogP) is 4.95. The maximum Gasteiger partial charge on any atom is 0.260 e. The Kier molecular flexibility index (Phi) is 5.67. The Labute approximate surface area is 177 Å². The zero-order valence-electron chi connectivity index (χ0n) is 16.1. The zero-order chi connectivity index (χ0) is 20.4. The van der Waals surface area contributed by atoms with Gasteiger partial charge in [0.2, 0.25) is 0 Å². The lowest BCUT2D eigenvalue weighted by Crippen LogP contribution is -2.21. The number of fused-ring (bicyclic) bond motifs is 1. The van der Waals surface area contributed by atoms with Crippen LogP contribution in [-0.2, 0) is 13.1 Å². The number of hydrogen-bond acceptors (Lipinski definition) is 5. The minimum absolute atomic E-state index is 0.143. The zero-order valence-corrected chi connectivity index (χ0v) is 17.7. The van der Waals surface area contributed by atoms with Crippen molar-refractivity contribution in [1.29, 1.82) is 0 Å². The first-order valence-corrected chi connectivity index (χ1v) is 10.4. The number of nitrogens with one attached hydrogen (secondary N) is 1. The first kappa shape index (κ1) is 19.6. The summed E-state index contributed by atoms with van der Waals surface area (Å²) < 4.78 is 5.28. The molecule has 0 saturated heterocycles. The third-order valence-electron chi connectivity index (χ3n) is 4.66. The van der Waals surface area contributed by atoms with Crippen LogP contribution in [0.4, 0.5) is 0 Å². The summed E-state index contributed by atoms with van der Waals surface area (Å²) in [6, 6.07) is 15.5. The normalized spacial score (nSPS) is 11.3. The lowest BCUT2D eigenvalue weighted by atomic mass is 10.1. The summed E-state index contributed by atoms with van der Waals surface area (Å²) >= 11 is 7.78. The number of rotatable bonds is 6. The first-order chi connectivity index (χ1) is 14.0. The van der Waals surface area contributed by atoms with E-state index >= 15 is 0 Å². The highest BCUT2D eigenvalue weighted by Gasteiger charge is 2.15. The summed E-state index contributed by atoms with van der Waals surface area (Å²) in [6.07, 6.45) is 0. The van der Waals surface area contributed by atoms with Gasteiger partial charge in [-0.15, -0.1) is 11.3 Å². The third kappa shape index (κ3) is 4.19. The summed E-state index contributed by atoms with van der Waals surface area (Å²) in [4.78, 5) is 23.3. The Bertz CT molecular complexity index is 1220. The maximum atomic E-state index is 12.8. The lowest BCUT2D eigenvalue weighted by molar-refractivity contribution is 0.310. The molecule has 5 nitrogen and oxygen atoms in total. The largest absolute Gasteiger partial charge is 0.497 e. The van der Waals surface area contributed by atoms with Crippen LogP contribution >= 0.6 is 22.9 Å². The summed E-state index contributed by atoms with van der Waals surface area (Å²) in [5.74, 6) is 1.47. The molecule has 4 rings (SSSR count). The number of benzene rings is 2. The van der Waals surface area contributed by atoms with Gasteiger partial charge in [0.15, 0.2) is 0 Å². The molecular formula is C22H20ClN3O2S. The molecule has 0 saturated carbocycles. The summed E-state index contributed by atoms with van der Waals surface area (Å²) in [6.45, 7) is 1.25. The Balaban J connectivity index is 1.59. The van der Waals surface area contributed by atoms with Crippen molar-refractivity contribution in [3.8, 4) is 16.9 Å². The molecule has 0 spiro atoms. The minimum atomic E-state index is -0.143. The standard InChI is InChI=1S/C22H20ClN3O2S/c1-26(11-14-6-5-7-15(10-14)28-2)12-19-24-21(27)20-17(13-29-22(20)25-19)16-8-3-4-9-18(16)23/h3-10,13H,11-12H2,1-2H3,(H,24,25,27). The molecule has 0 amide bonds. The highest BCUT2D eigenvalue weighted by Crippen LogP contribution is 2.34. The van der Waals surface area contributed by atoms with E-state index in [4.69, 9.17) is 16.3 Å². The molecule has 0 atom stereocenters. The van der Waals surface area contributed by atoms with Crippen LogP contribution in [0.3, 0.4) is 0 Å². The lowest BCUT2D eigenvalue weighted by Gasteiger charge is -2.16. The summed E-state index contributed by atoms with van der Waals surface area (Å²) in [7, 11) is 3.65. The molecule has 0 aliphatic rings. The molecule has 7 heteroatoms. The van der Waals surface area contributed by atoms with Crippen LogP contribution in [0.1, 0.15) is 11.4 Å². The van der Waals surface area contributed by atoms with Crippen molar-refractivity contribution in [2.75, 3.05) is 14.2 Å². The number of H-pyrrole nitrogens is 1. The second-order valence-corrected chi connectivity index (χ2v) is 8.11. The molecule has 0 unspecified atom stereocenters. The molecule has 0 fully saturated rings. The molecule has 0 aliphatic heterocycles. The van der Waals surface area contributed by atoms with Crippen molar-refractivity contribution in [2.45, 2.75) is 13.1 Å². The van der Waals surface area contributed by atoms with Crippen molar-refractivity contribution >= 4 is 33.2 Å². The molecular weight excluding hydrogens is 406 g/mol. The summed E-state index contributed by atoms with van der Waals surface area (Å²) in [5, 5.41) is 3.15. The monoisotopic (exact) mass is 425 g/mol. The molecule has 2 heterocycles. The van der Waals surface area contributed by atoms with Gasteiger partial charge in [-0.1, -0.05) is 41.9 Å². The molecule has 4 aromatic rings. The minimum Gasteiger partial charge on any atom is -0.497 e. The van der Waals surface area contributed by atoms with Crippen molar-refractivity contribution < 1.29 is 4.74 Å². The van der Waals surface area contributed by atoms with Crippen LogP contribution in [0.2, 0.25) is 5.02 Å². The van der Waals surface area contributed by atoms with E-state index in [1.165, 1.54) is 11.3 Å². The molecule has 0 aliphatic carbocycles. The van der Waals surface area contributed by atoms with E-state index in [-0.39, 0.29) is 5.56 Å². The topological polar surface area (TPSA) is 58.2 Å². The average molecular weight is 426 g/mol. The summed E-state index contributed by atoms with van der Waals surface area (Å²) in [5.41, 5.74) is 2.65. The SMILES string of the molecule is COc1cccc(CN(C)Cc2nc3scc(-c4ccccc4Cl)c3c(=O)[nH]2)c1. The molecule has 1 N–H and O–H groups in total. The van der Waals surface area contributed by atoms with E-state index < -0.39 is 0 Å². The van der Waals surface area contributed by atoms with E-state index in [9.17, 15) is 4.79 Å². The number of methoxy groups -OCH3 is 1. The fraction of sp³-hybridized carbons (Fsp3) is 0.182. The van der Waals surface area contributed by atoms with E-state index in [0.29, 0.717) is 34.2 Å². The second kappa shape index (κ2) is 8.37. The van der Waals surface area contributed by atoms with E-state index in [1.807, 2.05) is 61.0 Å². The Morgan fingerprint density at radius 2 is 1.97 bits per heavy atom. The number of thiophene rings is 1. The molecule has 0 radical (unpaired) electrons. The fourth-order valence-corrected chi connectivity index (χ4v) is 4.54. The highest BCUT2D eigenvalue weighted by molar-refractivity contribution is 7.17. The Morgan fingerprint density at radius 3 is 2.76 bits per heavy atom. The van der Waals surface area contributed by atoms with Gasteiger partial charge in [0.25, 0.3) is 5.56 Å². The number of hydrogen-bond donors (Lipinski definition) is 1. The first-order valence-electron chi connectivity index (χ1n) is 9.12. The van der Waals surface area contributed by atoms with Gasteiger partial charge in [0.05, 0.1) is 19.0 Å². The number of aromatic nitrogens is 2. The molecule has 0 bridgehead atoms. The molecule has 29 heavy (non-hydrogen) atoms. The average Bonchev–Trinajstić information content (AvgIpc) is 3.12. The smallest absolute Gasteiger partial charge is 0.260 e. The van der Waals surface area contributed by atoms with Crippen LogP contribution in [0, 0.1) is 0 Å². The van der Waals surface area contributed by atoms with E-state index in [1.54, 1.807) is 7.11 Å². The fourth-order valence-electron chi connectivity index (χ4n) is 3.34. The number of aromatic amines is 1. The van der Waals surface area contributed by atoms with Crippen molar-refractivity contribution in [2.24, 2.45) is 0 Å². The molecule has 2 aromatic heterocycles. The molecule has 2 aromatic carbocycles. The van der Waals surface area contributed by atoms with Crippen molar-refractivity contribution in [3.63, 3.8) is 0 Å². The van der Waals surface area contributed by atoms with Gasteiger partial charge in [0, 0.05) is 28.1 Å². The Hall–Kier alpha value is -2.67. The van der Waals surface area contributed by atoms with Crippen LogP contribution in [-0.4, -0.2) is 29.0 Å². The second-order valence-electron chi connectivity index (χ2n) is 6.85. The molecule has 148 valence electrons. The van der Waals surface area contributed by atoms with Gasteiger partial charge < -0.3 is 9.72 Å². The van der Waals surface area contributed by atoms with Crippen LogP contribution < -0.4 is 10.3 Å². The number of ether oxygens (including phenoxy) is 1. The van der Waals surface area contributed by atoms with Crippen LogP contribution in [0.25, 0.3) is 21.3 Å². The number of halogens is 1. The van der Waals surface area contributed by atoms with E-state index in [0.717, 1.165) is 22.4 Å². The van der Waals surface area contributed by atoms with Gasteiger partial charge in [-0.05, 0) is 30.8 Å². The van der Waals surface area contributed by atoms with E-state index in [2.05, 4.69) is 14.9 Å². The van der Waals surface area contributed by atoms with Gasteiger partial charge in [0.1, 0.15) is 16.4 Å². The van der Waals surface area contributed by atoms with Gasteiger partial charge in [-0.25, -0.2) is 4.98 Å². The van der Waals surface area contributed by atoms with Gasteiger partial charge in [-0.2, -0.15) is 0 Å². The quantitative estimate of drug-likeness (QED) is 0.475. The third-order valence-corrected chi connectivity index (χ3v) is 5.87. The highest BCUT2D eigenvalue weighted by atomic mass is 35.5. The predicted molar refractivity (Wildman–Crippen MR) is 119 cm³/mol. The van der Waals surface area contributed by atoms with Gasteiger partial charge in [-0.3, -0.25) is 9.69 Å². The van der Waals surface area contributed by atoms with Crippen molar-refractivity contribution in [3.05, 3.63) is 80.7 Å². The van der Waals surface area contributed by atoms with Crippen LogP contribution in [0.15, 0.2) is 58.7 Å². The van der Waals surface area contributed by atoms with Crippen LogP contribution in [0.5, 0.6) is 5.75 Å². The number of nitrogens with zero attached hydrogens (tertiary/aromatic N) is 2. The van der Waals surface area contributed by atoms with Gasteiger partial charge >= 0.3 is 0 Å². The van der Waals surface area contributed by atoms with Crippen molar-refractivity contribution in [1.82, 2.24) is 14.9 Å².